The van der Waals surface area contributed by atoms with Crippen LogP contribution < -0.4 is 10.4 Å². The zero-order valence-corrected chi connectivity index (χ0v) is 20.1. The molecule has 0 saturated heterocycles. The summed E-state index contributed by atoms with van der Waals surface area (Å²) in [5, 5.41) is 2.31. The lowest BCUT2D eigenvalue weighted by Crippen LogP contribution is -2.66. The van der Waals surface area contributed by atoms with Gasteiger partial charge in [-0.1, -0.05) is 94.1 Å². The number of carbonyl (C=O) groups excluding carboxylic acids is 2. The van der Waals surface area contributed by atoms with Gasteiger partial charge < -0.3 is 9.16 Å². The Balaban J connectivity index is 2.26. The lowest BCUT2D eigenvalue weighted by Gasteiger charge is -2.43. The highest BCUT2D eigenvalue weighted by atomic mass is 28.4. The topological polar surface area (TPSA) is 52.6 Å². The molecule has 0 aliphatic heterocycles. The van der Waals surface area contributed by atoms with Crippen molar-refractivity contribution in [2.75, 3.05) is 13.2 Å². The number of rotatable bonds is 11. The van der Waals surface area contributed by atoms with E-state index >= 15 is 0 Å². The van der Waals surface area contributed by atoms with Crippen molar-refractivity contribution in [2.45, 2.75) is 45.6 Å². The van der Waals surface area contributed by atoms with Crippen LogP contribution >= 0.6 is 0 Å². The van der Waals surface area contributed by atoms with Gasteiger partial charge in [0.05, 0.1) is 0 Å². The Morgan fingerprint density at radius 2 is 1.52 bits per heavy atom. The molecule has 0 aromatic heterocycles. The summed E-state index contributed by atoms with van der Waals surface area (Å²) < 4.78 is 11.9. The molecule has 0 fully saturated rings. The number of esters is 1. The number of Topliss-reactive ketones (excluding diaryl/α,β-unsaturated/α-hetero) is 1. The maximum Gasteiger partial charge on any atom is 0.316 e. The molecule has 166 valence electrons. The zero-order valence-electron chi connectivity index (χ0n) is 19.1. The van der Waals surface area contributed by atoms with Crippen molar-refractivity contribution in [1.29, 1.82) is 0 Å². The highest BCUT2D eigenvalue weighted by Crippen LogP contribution is 2.36. The van der Waals surface area contributed by atoms with E-state index in [0.717, 1.165) is 0 Å². The van der Waals surface area contributed by atoms with Crippen LogP contribution in [0, 0.1) is 5.92 Å². The highest BCUT2D eigenvalue weighted by molar-refractivity contribution is 6.99. The van der Waals surface area contributed by atoms with Crippen molar-refractivity contribution in [3.8, 4) is 0 Å². The summed E-state index contributed by atoms with van der Waals surface area (Å²) in [6, 6.07) is 20.8. The first kappa shape index (κ1) is 24.8. The Kier molecular flexibility index (Phi) is 8.96. The van der Waals surface area contributed by atoms with Crippen molar-refractivity contribution >= 4 is 30.4 Å². The molecule has 0 aliphatic carbocycles. The van der Waals surface area contributed by atoms with Gasteiger partial charge in [-0.15, -0.1) is 0 Å². The molecular weight excluding hydrogens is 404 g/mol. The van der Waals surface area contributed by atoms with E-state index in [1.165, 1.54) is 23.4 Å². The molecule has 0 saturated carbocycles. The first-order valence-corrected chi connectivity index (χ1v) is 12.7. The van der Waals surface area contributed by atoms with E-state index < -0.39 is 20.2 Å². The minimum absolute atomic E-state index is 0.112. The van der Waals surface area contributed by atoms with E-state index in [0.29, 0.717) is 19.4 Å². The maximum atomic E-state index is 12.2. The molecule has 1 unspecified atom stereocenters. The average molecular weight is 439 g/mol. The average Bonchev–Trinajstić information content (AvgIpc) is 2.74. The minimum Gasteiger partial charge on any atom is -0.461 e. The predicted octanol–water partition coefficient (Wildman–Crippen LogP) is 4.28. The van der Waals surface area contributed by atoms with Gasteiger partial charge in [-0.2, -0.15) is 0 Å². The molecule has 2 aromatic carbocycles. The molecule has 0 amide bonds. The molecule has 5 heteroatoms. The summed E-state index contributed by atoms with van der Waals surface area (Å²) in [6.45, 7) is 12.2. The summed E-state index contributed by atoms with van der Waals surface area (Å²) in [7, 11) is -2.61. The SMILES string of the molecule is C=CCOC(=O)C(CCCO[Si](c1ccccc1)(c1ccccc1)C(C)(C)C)C(C)=O. The van der Waals surface area contributed by atoms with Crippen LogP contribution in [0.15, 0.2) is 73.3 Å². The largest absolute Gasteiger partial charge is 0.461 e. The van der Waals surface area contributed by atoms with Gasteiger partial charge in [0, 0.05) is 6.61 Å². The monoisotopic (exact) mass is 438 g/mol. The third kappa shape index (κ3) is 6.02. The molecule has 0 spiro atoms. The van der Waals surface area contributed by atoms with Gasteiger partial charge in [0.2, 0.25) is 0 Å². The van der Waals surface area contributed by atoms with Crippen molar-refractivity contribution in [2.24, 2.45) is 5.92 Å². The van der Waals surface area contributed by atoms with Crippen molar-refractivity contribution < 1.29 is 18.8 Å². The third-order valence-electron chi connectivity index (χ3n) is 5.49. The molecule has 2 rings (SSSR count). The molecule has 31 heavy (non-hydrogen) atoms. The van der Waals surface area contributed by atoms with Gasteiger partial charge in [0.15, 0.2) is 0 Å². The maximum absolute atomic E-state index is 12.2. The molecule has 2 aromatic rings. The Labute approximate surface area is 187 Å². The fraction of sp³-hybridized carbons (Fsp3) is 0.385. The highest BCUT2D eigenvalue weighted by Gasteiger charge is 2.50. The molecule has 0 bridgehead atoms. The molecule has 0 N–H and O–H groups in total. The fourth-order valence-electron chi connectivity index (χ4n) is 4.00. The summed E-state index contributed by atoms with van der Waals surface area (Å²) in [4.78, 5) is 24.2. The van der Waals surface area contributed by atoms with E-state index in [4.69, 9.17) is 9.16 Å². The van der Waals surface area contributed by atoms with Crippen LogP contribution in [-0.2, 0) is 18.8 Å². The van der Waals surface area contributed by atoms with Gasteiger partial charge in [-0.25, -0.2) is 0 Å². The number of ketones is 1. The standard InChI is InChI=1S/C26H34O4Si/c1-6-19-29-25(28)24(21(2)27)18-13-20-30-31(26(3,4)5,22-14-9-7-10-15-22)23-16-11-8-12-17-23/h6-12,14-17,24H,1,13,18-20H2,2-5H3. The van der Waals surface area contributed by atoms with Gasteiger partial charge in [-0.3, -0.25) is 9.59 Å². The van der Waals surface area contributed by atoms with E-state index in [1.54, 1.807) is 0 Å². The van der Waals surface area contributed by atoms with Gasteiger partial charge in [0.1, 0.15) is 18.3 Å². The minimum atomic E-state index is -2.61. The molecule has 4 nitrogen and oxygen atoms in total. The Morgan fingerprint density at radius 1 is 1.00 bits per heavy atom. The van der Waals surface area contributed by atoms with E-state index in [2.05, 4.69) is 75.9 Å². The zero-order chi connectivity index (χ0) is 22.9. The lowest BCUT2D eigenvalue weighted by atomic mass is 10.00. The number of carbonyl (C=O) groups is 2. The summed E-state index contributed by atoms with van der Waals surface area (Å²) in [5.74, 6) is -1.43. The predicted molar refractivity (Wildman–Crippen MR) is 128 cm³/mol. The van der Waals surface area contributed by atoms with Crippen molar-refractivity contribution in [1.82, 2.24) is 0 Å². The van der Waals surface area contributed by atoms with Crippen LogP contribution in [0.5, 0.6) is 0 Å². The van der Waals surface area contributed by atoms with Crippen LogP contribution in [-0.4, -0.2) is 33.3 Å². The first-order valence-electron chi connectivity index (χ1n) is 10.8. The third-order valence-corrected chi connectivity index (χ3v) is 10.5. The van der Waals surface area contributed by atoms with Crippen LogP contribution in [0.25, 0.3) is 0 Å². The van der Waals surface area contributed by atoms with Crippen LogP contribution in [0.4, 0.5) is 0 Å². The van der Waals surface area contributed by atoms with Gasteiger partial charge >= 0.3 is 5.97 Å². The second kappa shape index (κ2) is 11.2. The van der Waals surface area contributed by atoms with Crippen LogP contribution in [0.1, 0.15) is 40.5 Å². The van der Waals surface area contributed by atoms with Crippen LogP contribution in [0.3, 0.4) is 0 Å². The molecule has 1 atom stereocenters. The van der Waals surface area contributed by atoms with E-state index in [9.17, 15) is 9.59 Å². The first-order chi connectivity index (χ1) is 14.7. The second-order valence-corrected chi connectivity index (χ2v) is 13.0. The normalized spacial score (nSPS) is 12.8. The number of benzene rings is 2. The quantitative estimate of drug-likeness (QED) is 0.173. The van der Waals surface area contributed by atoms with Gasteiger partial charge in [-0.05, 0) is 35.2 Å². The number of ether oxygens (including phenoxy) is 1. The molecule has 0 radical (unpaired) electrons. The molecule has 0 aliphatic rings. The summed E-state index contributed by atoms with van der Waals surface area (Å²) in [6.07, 6.45) is 2.50. The Bertz CT molecular complexity index is 816. The van der Waals surface area contributed by atoms with Crippen molar-refractivity contribution in [3.63, 3.8) is 0 Å². The fourth-order valence-corrected chi connectivity index (χ4v) is 8.61. The second-order valence-electron chi connectivity index (χ2n) is 8.74. The summed E-state index contributed by atoms with van der Waals surface area (Å²) in [5.41, 5.74) is 0. The Hall–Kier alpha value is -2.50. The van der Waals surface area contributed by atoms with E-state index in [1.807, 2.05) is 12.1 Å². The molecule has 0 heterocycles. The number of hydrogen-bond donors (Lipinski definition) is 0. The molecular formula is C26H34O4Si. The lowest BCUT2D eigenvalue weighted by molar-refractivity contribution is -0.150. The Morgan fingerprint density at radius 3 is 1.94 bits per heavy atom. The van der Waals surface area contributed by atoms with Crippen LogP contribution in [0.2, 0.25) is 5.04 Å². The summed E-state index contributed by atoms with van der Waals surface area (Å²) >= 11 is 0. The van der Waals surface area contributed by atoms with Gasteiger partial charge in [0.25, 0.3) is 8.32 Å². The number of hydrogen-bond acceptors (Lipinski definition) is 4. The van der Waals surface area contributed by atoms with E-state index in [-0.39, 0.29) is 17.4 Å². The van der Waals surface area contributed by atoms with Crippen molar-refractivity contribution in [3.05, 3.63) is 73.3 Å². The smallest absolute Gasteiger partial charge is 0.316 e.